The summed E-state index contributed by atoms with van der Waals surface area (Å²) in [6.45, 7) is 11.0. The van der Waals surface area contributed by atoms with Crippen LogP contribution in [0.25, 0.3) is 0 Å². The number of allylic oxidation sites excluding steroid dienone is 1. The lowest BCUT2D eigenvalue weighted by Gasteiger charge is -2.26. The molecule has 0 aliphatic heterocycles. The average Bonchev–Trinajstić information content (AvgIpc) is 2.52. The molecule has 0 aromatic rings. The van der Waals surface area contributed by atoms with E-state index in [9.17, 15) is 0 Å². The van der Waals surface area contributed by atoms with Gasteiger partial charge in [-0.25, -0.2) is 0 Å². The second-order valence-corrected chi connectivity index (χ2v) is 5.27. The van der Waals surface area contributed by atoms with Gasteiger partial charge in [0.25, 0.3) is 0 Å². The van der Waals surface area contributed by atoms with Crippen LogP contribution in [0.4, 0.5) is 0 Å². The molecule has 1 saturated carbocycles. The summed E-state index contributed by atoms with van der Waals surface area (Å²) in [7, 11) is 0. The monoisotopic (exact) mass is 223 g/mol. The van der Waals surface area contributed by atoms with E-state index in [-0.39, 0.29) is 0 Å². The largest absolute Gasteiger partial charge is 0.317 e. The molecule has 2 atom stereocenters. The molecule has 0 aromatic carbocycles. The molecule has 0 amide bonds. The highest BCUT2D eigenvalue weighted by molar-refractivity contribution is 4.96. The van der Waals surface area contributed by atoms with Crippen LogP contribution in [0.3, 0.4) is 0 Å². The lowest BCUT2D eigenvalue weighted by atomic mass is 9.83. The molecule has 1 aliphatic carbocycles. The van der Waals surface area contributed by atoms with Crippen LogP contribution in [0.1, 0.15) is 58.8 Å². The Labute approximate surface area is 102 Å². The second-order valence-electron chi connectivity index (χ2n) is 5.27. The van der Waals surface area contributed by atoms with Gasteiger partial charge in [0.15, 0.2) is 0 Å². The van der Waals surface area contributed by atoms with Gasteiger partial charge in [-0.2, -0.15) is 0 Å². The molecule has 94 valence electrons. The maximum Gasteiger partial charge on any atom is -0.00179 e. The van der Waals surface area contributed by atoms with E-state index in [0.717, 1.165) is 24.8 Å². The number of hydrogen-bond donors (Lipinski definition) is 1. The quantitative estimate of drug-likeness (QED) is 0.527. The van der Waals surface area contributed by atoms with Crippen molar-refractivity contribution in [2.75, 3.05) is 13.1 Å². The van der Waals surface area contributed by atoms with Gasteiger partial charge in [0, 0.05) is 0 Å². The van der Waals surface area contributed by atoms with Gasteiger partial charge < -0.3 is 5.32 Å². The van der Waals surface area contributed by atoms with Gasteiger partial charge in [0.1, 0.15) is 0 Å². The van der Waals surface area contributed by atoms with Crippen molar-refractivity contribution in [2.24, 2.45) is 11.8 Å². The number of nitrogens with one attached hydrogen (secondary N) is 1. The summed E-state index contributed by atoms with van der Waals surface area (Å²) in [4.78, 5) is 0. The van der Waals surface area contributed by atoms with Gasteiger partial charge in [-0.15, -0.1) is 0 Å². The fourth-order valence-electron chi connectivity index (χ4n) is 2.84. The van der Waals surface area contributed by atoms with Crippen LogP contribution in [0.2, 0.25) is 0 Å². The first-order valence-electron chi connectivity index (χ1n) is 7.15. The van der Waals surface area contributed by atoms with Crippen LogP contribution >= 0.6 is 0 Å². The third-order valence-electron chi connectivity index (χ3n) is 4.02. The Bertz CT molecular complexity index is 198. The molecule has 1 rings (SSSR count). The van der Waals surface area contributed by atoms with Gasteiger partial charge in [-0.1, -0.05) is 45.3 Å². The summed E-state index contributed by atoms with van der Waals surface area (Å²) in [5, 5.41) is 3.54. The second kappa shape index (κ2) is 7.89. The highest BCUT2D eigenvalue weighted by atomic mass is 14.8. The highest BCUT2D eigenvalue weighted by Gasteiger charge is 2.23. The molecule has 16 heavy (non-hydrogen) atoms. The van der Waals surface area contributed by atoms with Crippen molar-refractivity contribution < 1.29 is 0 Å². The Morgan fingerprint density at radius 3 is 2.44 bits per heavy atom. The lowest BCUT2D eigenvalue weighted by molar-refractivity contribution is 0.298. The molecular formula is C15H29N. The molecule has 0 spiro atoms. The Balaban J connectivity index is 2.47. The molecule has 1 fully saturated rings. The predicted molar refractivity (Wildman–Crippen MR) is 72.7 cm³/mol. The number of hydrogen-bond acceptors (Lipinski definition) is 1. The van der Waals surface area contributed by atoms with Crippen LogP contribution in [-0.2, 0) is 0 Å². The first-order valence-corrected chi connectivity index (χ1v) is 7.15. The van der Waals surface area contributed by atoms with Crippen molar-refractivity contribution in [2.45, 2.75) is 58.8 Å². The van der Waals surface area contributed by atoms with Crippen LogP contribution < -0.4 is 5.32 Å². The van der Waals surface area contributed by atoms with Gasteiger partial charge in [-0.3, -0.25) is 0 Å². The Hall–Kier alpha value is -0.300. The van der Waals surface area contributed by atoms with E-state index in [1.165, 1.54) is 50.6 Å². The van der Waals surface area contributed by atoms with E-state index in [0.29, 0.717) is 0 Å². The van der Waals surface area contributed by atoms with E-state index in [4.69, 9.17) is 0 Å². The minimum Gasteiger partial charge on any atom is -0.317 e. The van der Waals surface area contributed by atoms with Crippen molar-refractivity contribution in [3.63, 3.8) is 0 Å². The topological polar surface area (TPSA) is 12.0 Å². The molecule has 0 radical (unpaired) electrons. The third-order valence-corrected chi connectivity index (χ3v) is 4.02. The number of rotatable bonds is 6. The maximum absolute atomic E-state index is 4.19. The van der Waals surface area contributed by atoms with E-state index < -0.39 is 0 Å². The molecule has 2 unspecified atom stereocenters. The molecule has 1 heteroatoms. The van der Waals surface area contributed by atoms with Gasteiger partial charge >= 0.3 is 0 Å². The van der Waals surface area contributed by atoms with Crippen LogP contribution in [0.5, 0.6) is 0 Å². The van der Waals surface area contributed by atoms with E-state index in [1.54, 1.807) is 0 Å². The molecule has 1 nitrogen and oxygen atoms in total. The first kappa shape index (κ1) is 13.8. The van der Waals surface area contributed by atoms with Crippen molar-refractivity contribution in [3.05, 3.63) is 12.2 Å². The first-order chi connectivity index (χ1) is 7.77. The van der Waals surface area contributed by atoms with Gasteiger partial charge in [-0.05, 0) is 50.6 Å². The van der Waals surface area contributed by atoms with Crippen molar-refractivity contribution >= 4 is 0 Å². The van der Waals surface area contributed by atoms with E-state index in [1.807, 2.05) is 0 Å². The summed E-state index contributed by atoms with van der Waals surface area (Å²) < 4.78 is 0. The molecular weight excluding hydrogens is 194 g/mol. The van der Waals surface area contributed by atoms with Crippen LogP contribution in [0, 0.1) is 11.8 Å². The normalized spacial score (nSPS) is 26.4. The summed E-state index contributed by atoms with van der Waals surface area (Å²) in [5.74, 6) is 1.79. The molecule has 0 saturated heterocycles. The fraction of sp³-hybridized carbons (Fsp3) is 0.867. The van der Waals surface area contributed by atoms with Gasteiger partial charge in [0.05, 0.1) is 0 Å². The average molecular weight is 223 g/mol. The van der Waals surface area contributed by atoms with Crippen molar-refractivity contribution in [3.8, 4) is 0 Å². The van der Waals surface area contributed by atoms with Gasteiger partial charge in [0.2, 0.25) is 0 Å². The highest BCUT2D eigenvalue weighted by Crippen LogP contribution is 2.33. The summed E-state index contributed by atoms with van der Waals surface area (Å²) in [6, 6.07) is 0. The minimum atomic E-state index is 0.894. The smallest absolute Gasteiger partial charge is 0.00179 e. The zero-order valence-corrected chi connectivity index (χ0v) is 11.2. The maximum atomic E-state index is 4.19. The Morgan fingerprint density at radius 2 is 1.81 bits per heavy atom. The molecule has 0 aromatic heterocycles. The lowest BCUT2D eigenvalue weighted by Crippen LogP contribution is -2.27. The molecule has 1 aliphatic rings. The summed E-state index contributed by atoms with van der Waals surface area (Å²) in [5.41, 5.74) is 1.45. The third kappa shape index (κ3) is 4.69. The van der Waals surface area contributed by atoms with Crippen molar-refractivity contribution in [1.82, 2.24) is 5.32 Å². The Kier molecular flexibility index (Phi) is 6.79. The molecule has 0 bridgehead atoms. The zero-order chi connectivity index (χ0) is 11.8. The fourth-order valence-corrected chi connectivity index (χ4v) is 2.84. The predicted octanol–water partition coefficient (Wildman–Crippen LogP) is 4.15. The zero-order valence-electron chi connectivity index (χ0n) is 11.2. The minimum absolute atomic E-state index is 0.894. The SMILES string of the molecule is C=C(CC)CC1CCCCCC1CNCC. The molecule has 1 N–H and O–H groups in total. The van der Waals surface area contributed by atoms with Crippen LogP contribution in [-0.4, -0.2) is 13.1 Å². The van der Waals surface area contributed by atoms with E-state index in [2.05, 4.69) is 25.7 Å². The van der Waals surface area contributed by atoms with Crippen molar-refractivity contribution in [1.29, 1.82) is 0 Å². The summed E-state index contributed by atoms with van der Waals surface area (Å²) in [6.07, 6.45) is 9.59. The summed E-state index contributed by atoms with van der Waals surface area (Å²) >= 11 is 0. The molecule has 0 heterocycles. The van der Waals surface area contributed by atoms with E-state index >= 15 is 0 Å². The van der Waals surface area contributed by atoms with Crippen LogP contribution in [0.15, 0.2) is 12.2 Å². The Morgan fingerprint density at radius 1 is 1.12 bits per heavy atom. The standard InChI is InChI=1S/C15H29N/c1-4-13(3)11-14-9-7-6-8-10-15(14)12-16-5-2/h14-16H,3-12H2,1-2H3.